The second-order valence-corrected chi connectivity index (χ2v) is 4.40. The van der Waals surface area contributed by atoms with Crippen LogP contribution in [0.1, 0.15) is 12.6 Å². The second kappa shape index (κ2) is 3.94. The fourth-order valence-electron chi connectivity index (χ4n) is 2.34. The minimum absolute atomic E-state index is 0.906. The first-order chi connectivity index (χ1) is 8.70. The minimum atomic E-state index is 0.906. The van der Waals surface area contributed by atoms with Gasteiger partial charge in [0, 0.05) is 25.9 Å². The third-order valence-electron chi connectivity index (χ3n) is 3.23. The number of aromatic nitrogens is 5. The fourth-order valence-corrected chi connectivity index (χ4v) is 2.34. The van der Waals surface area contributed by atoms with Gasteiger partial charge in [-0.1, -0.05) is 6.92 Å². The van der Waals surface area contributed by atoms with Gasteiger partial charge in [0.25, 0.3) is 0 Å². The Kier molecular flexibility index (Phi) is 2.40. The van der Waals surface area contributed by atoms with Gasteiger partial charge in [-0.2, -0.15) is 5.10 Å². The Balaban J connectivity index is 2.29. The highest BCUT2D eigenvalue weighted by molar-refractivity contribution is 5.85. The second-order valence-electron chi connectivity index (χ2n) is 4.40. The van der Waals surface area contributed by atoms with Crippen LogP contribution in [0, 0.1) is 0 Å². The molecule has 3 aromatic rings. The van der Waals surface area contributed by atoms with Gasteiger partial charge in [-0.15, -0.1) is 0 Å². The highest BCUT2D eigenvalue weighted by Gasteiger charge is 2.13. The van der Waals surface area contributed by atoms with E-state index in [2.05, 4.69) is 32.6 Å². The number of hydrogen-bond donors (Lipinski definition) is 0. The van der Waals surface area contributed by atoms with Gasteiger partial charge >= 0.3 is 0 Å². The molecule has 0 radical (unpaired) electrons. The van der Waals surface area contributed by atoms with Crippen molar-refractivity contribution < 1.29 is 0 Å². The lowest BCUT2D eigenvalue weighted by atomic mass is 10.2. The number of rotatable bonds is 2. The van der Waals surface area contributed by atoms with Gasteiger partial charge < -0.3 is 4.57 Å². The molecule has 0 atom stereocenters. The van der Waals surface area contributed by atoms with E-state index in [0.717, 1.165) is 34.4 Å². The van der Waals surface area contributed by atoms with Crippen LogP contribution in [0.25, 0.3) is 22.3 Å². The summed E-state index contributed by atoms with van der Waals surface area (Å²) in [5.74, 6) is 0. The van der Waals surface area contributed by atoms with Gasteiger partial charge in [0.05, 0.1) is 28.6 Å². The average molecular weight is 241 g/mol. The van der Waals surface area contributed by atoms with Gasteiger partial charge in [0.1, 0.15) is 6.33 Å². The van der Waals surface area contributed by atoms with Crippen molar-refractivity contribution in [3.8, 4) is 11.3 Å². The van der Waals surface area contributed by atoms with E-state index < -0.39 is 0 Å². The summed E-state index contributed by atoms with van der Waals surface area (Å²) in [6.07, 6.45) is 6.41. The fraction of sp³-hybridized carbons (Fsp3) is 0.308. The monoisotopic (exact) mass is 241 g/mol. The van der Waals surface area contributed by atoms with Crippen molar-refractivity contribution in [2.75, 3.05) is 0 Å². The number of hydrogen-bond acceptors (Lipinski definition) is 3. The van der Waals surface area contributed by atoms with Gasteiger partial charge in [0.2, 0.25) is 0 Å². The van der Waals surface area contributed by atoms with E-state index in [-0.39, 0.29) is 0 Å². The number of fused-ring (bicyclic) bond motifs is 1. The summed E-state index contributed by atoms with van der Waals surface area (Å²) in [4.78, 5) is 8.69. The lowest BCUT2D eigenvalue weighted by Crippen LogP contribution is -1.97. The SMILES string of the molecule is CCc1ncnc2cc(-c3cnn(C)c3)n(C)c12. The smallest absolute Gasteiger partial charge is 0.116 e. The normalized spacial score (nSPS) is 11.3. The average Bonchev–Trinajstić information content (AvgIpc) is 2.93. The molecule has 18 heavy (non-hydrogen) atoms. The van der Waals surface area contributed by atoms with Crippen LogP contribution in [0.3, 0.4) is 0 Å². The number of nitrogens with zero attached hydrogens (tertiary/aromatic N) is 5. The molecule has 0 bridgehead atoms. The van der Waals surface area contributed by atoms with Crippen molar-refractivity contribution in [3.63, 3.8) is 0 Å². The molecule has 0 fully saturated rings. The van der Waals surface area contributed by atoms with Gasteiger partial charge in [-0.25, -0.2) is 9.97 Å². The van der Waals surface area contributed by atoms with Crippen molar-refractivity contribution >= 4 is 11.0 Å². The summed E-state index contributed by atoms with van der Waals surface area (Å²) in [5.41, 5.74) is 5.40. The van der Waals surface area contributed by atoms with E-state index in [1.165, 1.54) is 0 Å². The van der Waals surface area contributed by atoms with Crippen molar-refractivity contribution in [1.82, 2.24) is 24.3 Å². The third-order valence-corrected chi connectivity index (χ3v) is 3.23. The molecule has 0 aliphatic carbocycles. The Morgan fingerprint density at radius 3 is 2.72 bits per heavy atom. The van der Waals surface area contributed by atoms with Crippen LogP contribution in [-0.4, -0.2) is 24.3 Å². The molecule has 92 valence electrons. The molecule has 0 aliphatic heterocycles. The maximum Gasteiger partial charge on any atom is 0.116 e. The molecule has 3 heterocycles. The molecular weight excluding hydrogens is 226 g/mol. The van der Waals surface area contributed by atoms with E-state index in [0.29, 0.717) is 0 Å². The number of aryl methyl sites for hydroxylation is 3. The van der Waals surface area contributed by atoms with E-state index in [1.54, 1.807) is 11.0 Å². The predicted molar refractivity (Wildman–Crippen MR) is 70.1 cm³/mol. The quantitative estimate of drug-likeness (QED) is 0.688. The summed E-state index contributed by atoms with van der Waals surface area (Å²) in [5, 5.41) is 4.21. The van der Waals surface area contributed by atoms with Crippen LogP contribution in [0.5, 0.6) is 0 Å². The molecule has 3 aromatic heterocycles. The first-order valence-electron chi connectivity index (χ1n) is 5.99. The molecule has 0 aromatic carbocycles. The van der Waals surface area contributed by atoms with E-state index >= 15 is 0 Å². The molecule has 0 N–H and O–H groups in total. The topological polar surface area (TPSA) is 48.5 Å². The molecule has 5 nitrogen and oxygen atoms in total. The summed E-state index contributed by atoms with van der Waals surface area (Å²) in [7, 11) is 3.97. The zero-order chi connectivity index (χ0) is 12.7. The van der Waals surface area contributed by atoms with E-state index in [1.807, 2.05) is 26.5 Å². The molecule has 0 saturated heterocycles. The summed E-state index contributed by atoms with van der Waals surface area (Å²) in [6.45, 7) is 2.11. The first-order valence-corrected chi connectivity index (χ1v) is 5.99. The standard InChI is InChI=1S/C13H15N5/c1-4-10-13-11(15-8-14-10)5-12(18(13)3)9-6-16-17(2)7-9/h5-8H,4H2,1-3H3. The van der Waals surface area contributed by atoms with Crippen molar-refractivity contribution in [3.05, 3.63) is 30.5 Å². The maximum atomic E-state index is 4.35. The zero-order valence-electron chi connectivity index (χ0n) is 10.8. The predicted octanol–water partition coefficient (Wildman–Crippen LogP) is 1.93. The van der Waals surface area contributed by atoms with Crippen LogP contribution >= 0.6 is 0 Å². The van der Waals surface area contributed by atoms with Crippen LogP contribution in [0.15, 0.2) is 24.8 Å². The molecule has 0 amide bonds. The molecule has 5 heteroatoms. The molecule has 0 saturated carbocycles. The van der Waals surface area contributed by atoms with Crippen molar-refractivity contribution in [1.29, 1.82) is 0 Å². The van der Waals surface area contributed by atoms with E-state index in [4.69, 9.17) is 0 Å². The van der Waals surface area contributed by atoms with Crippen LogP contribution in [0.2, 0.25) is 0 Å². The molecular formula is C13H15N5. The molecule has 0 unspecified atom stereocenters. The van der Waals surface area contributed by atoms with Crippen molar-refractivity contribution in [2.45, 2.75) is 13.3 Å². The first kappa shape index (κ1) is 11.0. The minimum Gasteiger partial charge on any atom is -0.341 e. The van der Waals surface area contributed by atoms with Crippen LogP contribution in [0.4, 0.5) is 0 Å². The lowest BCUT2D eigenvalue weighted by Gasteiger charge is -2.04. The summed E-state index contributed by atoms with van der Waals surface area (Å²) >= 11 is 0. The van der Waals surface area contributed by atoms with Crippen LogP contribution < -0.4 is 0 Å². The zero-order valence-corrected chi connectivity index (χ0v) is 10.8. The third kappa shape index (κ3) is 1.51. The summed E-state index contributed by atoms with van der Waals surface area (Å²) < 4.78 is 3.95. The lowest BCUT2D eigenvalue weighted by molar-refractivity contribution is 0.768. The highest BCUT2D eigenvalue weighted by Crippen LogP contribution is 2.26. The Hall–Kier alpha value is -2.17. The Bertz CT molecular complexity index is 707. The Morgan fingerprint density at radius 1 is 1.22 bits per heavy atom. The Morgan fingerprint density at radius 2 is 2.06 bits per heavy atom. The Labute approximate surface area is 105 Å². The largest absolute Gasteiger partial charge is 0.341 e. The van der Waals surface area contributed by atoms with Crippen LogP contribution in [-0.2, 0) is 20.5 Å². The highest BCUT2D eigenvalue weighted by atomic mass is 15.2. The molecule has 3 rings (SSSR count). The van der Waals surface area contributed by atoms with Gasteiger partial charge in [-0.05, 0) is 12.5 Å². The van der Waals surface area contributed by atoms with E-state index in [9.17, 15) is 0 Å². The van der Waals surface area contributed by atoms with Gasteiger partial charge in [0.15, 0.2) is 0 Å². The molecule has 0 spiro atoms. The maximum absolute atomic E-state index is 4.35. The van der Waals surface area contributed by atoms with Gasteiger partial charge in [-0.3, -0.25) is 4.68 Å². The molecule has 0 aliphatic rings. The van der Waals surface area contributed by atoms with Crippen molar-refractivity contribution in [2.24, 2.45) is 14.1 Å². The summed E-state index contributed by atoms with van der Waals surface area (Å²) in [6, 6.07) is 2.09.